The number of nitrogens with zero attached hydrogens (tertiary/aromatic N) is 1. The number of nitrogens with one attached hydrogen (secondary N) is 1. The number of aryl methyl sites for hydroxylation is 1. The predicted molar refractivity (Wildman–Crippen MR) is 96.2 cm³/mol. The zero-order chi connectivity index (χ0) is 17.1. The summed E-state index contributed by atoms with van der Waals surface area (Å²) in [5.41, 5.74) is 8.36. The molecule has 0 radical (unpaired) electrons. The van der Waals surface area contributed by atoms with Crippen molar-refractivity contribution in [3.05, 3.63) is 52.4 Å². The van der Waals surface area contributed by atoms with Crippen LogP contribution in [0, 0.1) is 0 Å². The molecule has 6 heteroatoms. The maximum Gasteiger partial charge on any atom is 0.251 e. The van der Waals surface area contributed by atoms with Gasteiger partial charge in [0, 0.05) is 6.04 Å². The van der Waals surface area contributed by atoms with Gasteiger partial charge in [-0.15, -0.1) is 11.3 Å². The van der Waals surface area contributed by atoms with Crippen molar-refractivity contribution in [2.24, 2.45) is 5.73 Å². The largest absolute Gasteiger partial charge is 0.366 e. The molecule has 0 fully saturated rings. The first kappa shape index (κ1) is 16.7. The minimum absolute atomic E-state index is 0.134. The van der Waals surface area contributed by atoms with Crippen LogP contribution in [0.2, 0.25) is 0 Å². The number of likely N-dealkylation sites (N-methyl/N-ethyl adjacent to an activating group) is 1. The number of hydrogen-bond acceptors (Lipinski definition) is 4. The van der Waals surface area contributed by atoms with Crippen LogP contribution in [0.5, 0.6) is 0 Å². The fourth-order valence-corrected chi connectivity index (χ4v) is 4.10. The van der Waals surface area contributed by atoms with Crippen LogP contribution in [0.3, 0.4) is 0 Å². The summed E-state index contributed by atoms with van der Waals surface area (Å²) in [7, 11) is 1.97. The van der Waals surface area contributed by atoms with Gasteiger partial charge in [0.25, 0.3) is 5.91 Å². The molecular weight excluding hydrogens is 322 g/mol. The Morgan fingerprint density at radius 3 is 2.92 bits per heavy atom. The average Bonchev–Trinajstić information content (AvgIpc) is 3.02. The Morgan fingerprint density at radius 1 is 1.33 bits per heavy atom. The van der Waals surface area contributed by atoms with E-state index in [0.717, 1.165) is 19.3 Å². The standard InChI is InChI=1S/C18H21N3O2S/c1-21(15-8-4-6-12-5-2-3-7-13(12)15)11-16(22)20-18-14(17(19)23)9-10-24-18/h2-3,5,7,9-10,15H,4,6,8,11H2,1H3,(H2,19,23)(H,20,22). The number of carbonyl (C=O) groups excluding carboxylic acids is 2. The maximum atomic E-state index is 12.4. The molecule has 0 saturated heterocycles. The zero-order valence-corrected chi connectivity index (χ0v) is 14.4. The summed E-state index contributed by atoms with van der Waals surface area (Å²) < 4.78 is 0. The molecule has 0 spiro atoms. The molecule has 1 atom stereocenters. The van der Waals surface area contributed by atoms with Gasteiger partial charge in [-0.05, 0) is 48.9 Å². The number of fused-ring (bicyclic) bond motifs is 1. The molecule has 5 nitrogen and oxygen atoms in total. The van der Waals surface area contributed by atoms with Crippen LogP contribution in [0.15, 0.2) is 35.7 Å². The molecule has 1 heterocycles. The summed E-state index contributed by atoms with van der Waals surface area (Å²) in [6, 6.07) is 10.3. The number of benzene rings is 1. The van der Waals surface area contributed by atoms with Gasteiger partial charge in [-0.3, -0.25) is 14.5 Å². The number of nitrogens with two attached hydrogens (primary N) is 1. The Labute approximate surface area is 145 Å². The lowest BCUT2D eigenvalue weighted by Crippen LogP contribution is -2.35. The van der Waals surface area contributed by atoms with Gasteiger partial charge in [-0.1, -0.05) is 24.3 Å². The highest BCUT2D eigenvalue weighted by atomic mass is 32.1. The first-order valence-electron chi connectivity index (χ1n) is 8.01. The SMILES string of the molecule is CN(CC(=O)Nc1sccc1C(N)=O)C1CCCc2ccccc21. The van der Waals surface area contributed by atoms with Crippen LogP contribution in [0.1, 0.15) is 40.4 Å². The zero-order valence-electron chi connectivity index (χ0n) is 13.6. The van der Waals surface area contributed by atoms with Crippen molar-refractivity contribution < 1.29 is 9.59 Å². The molecule has 3 N–H and O–H groups in total. The summed E-state index contributed by atoms with van der Waals surface area (Å²) in [6.07, 6.45) is 3.28. The number of hydrogen-bond donors (Lipinski definition) is 2. The Morgan fingerprint density at radius 2 is 2.12 bits per heavy atom. The van der Waals surface area contributed by atoms with Gasteiger partial charge in [0.2, 0.25) is 5.91 Å². The summed E-state index contributed by atoms with van der Waals surface area (Å²) >= 11 is 1.31. The molecule has 2 aromatic rings. The maximum absolute atomic E-state index is 12.4. The fraction of sp³-hybridized carbons (Fsp3) is 0.333. The molecule has 1 unspecified atom stereocenters. The van der Waals surface area contributed by atoms with E-state index in [1.807, 2.05) is 7.05 Å². The number of primary amides is 1. The third-order valence-electron chi connectivity index (χ3n) is 4.45. The summed E-state index contributed by atoms with van der Waals surface area (Å²) in [5.74, 6) is -0.661. The lowest BCUT2D eigenvalue weighted by Gasteiger charge is -2.32. The van der Waals surface area contributed by atoms with Crippen molar-refractivity contribution in [1.82, 2.24) is 4.90 Å². The highest BCUT2D eigenvalue weighted by Crippen LogP contribution is 2.33. The number of carbonyl (C=O) groups is 2. The van der Waals surface area contributed by atoms with Crippen molar-refractivity contribution >= 4 is 28.2 Å². The molecule has 0 aliphatic heterocycles. The van der Waals surface area contributed by atoms with E-state index in [9.17, 15) is 9.59 Å². The number of thiophene rings is 1. The fourth-order valence-electron chi connectivity index (χ4n) is 3.29. The van der Waals surface area contributed by atoms with Gasteiger partial charge >= 0.3 is 0 Å². The second-order valence-electron chi connectivity index (χ2n) is 6.10. The first-order valence-corrected chi connectivity index (χ1v) is 8.89. The molecule has 2 amide bonds. The van der Waals surface area contributed by atoms with E-state index in [1.165, 1.54) is 22.5 Å². The van der Waals surface area contributed by atoms with E-state index in [1.54, 1.807) is 11.4 Å². The molecular formula is C18H21N3O2S. The van der Waals surface area contributed by atoms with Crippen LogP contribution in [-0.2, 0) is 11.2 Å². The van der Waals surface area contributed by atoms with E-state index in [4.69, 9.17) is 5.73 Å². The third-order valence-corrected chi connectivity index (χ3v) is 5.28. The van der Waals surface area contributed by atoms with Crippen molar-refractivity contribution in [3.63, 3.8) is 0 Å². The highest BCUT2D eigenvalue weighted by molar-refractivity contribution is 7.14. The normalized spacial score (nSPS) is 16.7. The molecule has 1 aliphatic rings. The van der Waals surface area contributed by atoms with Gasteiger partial charge in [0.15, 0.2) is 0 Å². The first-order chi connectivity index (χ1) is 11.6. The van der Waals surface area contributed by atoms with Crippen LogP contribution in [0.4, 0.5) is 5.00 Å². The average molecular weight is 343 g/mol. The van der Waals surface area contributed by atoms with E-state index < -0.39 is 5.91 Å². The van der Waals surface area contributed by atoms with Gasteiger partial charge in [0.1, 0.15) is 5.00 Å². The number of amides is 2. The van der Waals surface area contributed by atoms with Crippen molar-refractivity contribution in [3.8, 4) is 0 Å². The summed E-state index contributed by atoms with van der Waals surface area (Å²) in [4.78, 5) is 25.8. The molecule has 0 bridgehead atoms. The second kappa shape index (κ2) is 7.15. The molecule has 1 aromatic heterocycles. The Kier molecular flexibility index (Phi) is 4.97. The summed E-state index contributed by atoms with van der Waals surface area (Å²) in [5, 5.41) is 5.07. The summed E-state index contributed by atoms with van der Waals surface area (Å²) in [6.45, 7) is 0.273. The van der Waals surface area contributed by atoms with Gasteiger partial charge in [-0.2, -0.15) is 0 Å². The predicted octanol–water partition coefficient (Wildman–Crippen LogP) is 2.79. The quantitative estimate of drug-likeness (QED) is 0.876. The molecule has 1 aromatic carbocycles. The van der Waals surface area contributed by atoms with Crippen LogP contribution >= 0.6 is 11.3 Å². The van der Waals surface area contributed by atoms with Crippen molar-refractivity contribution in [1.29, 1.82) is 0 Å². The molecule has 1 aliphatic carbocycles. The Bertz CT molecular complexity index is 756. The van der Waals surface area contributed by atoms with Gasteiger partial charge in [-0.25, -0.2) is 0 Å². The van der Waals surface area contributed by atoms with Crippen LogP contribution in [0.25, 0.3) is 0 Å². The van der Waals surface area contributed by atoms with Gasteiger partial charge < -0.3 is 11.1 Å². The smallest absolute Gasteiger partial charge is 0.251 e. The minimum atomic E-state index is -0.527. The molecule has 24 heavy (non-hydrogen) atoms. The van der Waals surface area contributed by atoms with Crippen LogP contribution in [-0.4, -0.2) is 30.3 Å². The lowest BCUT2D eigenvalue weighted by molar-refractivity contribution is -0.117. The molecule has 126 valence electrons. The Hall–Kier alpha value is -2.18. The monoisotopic (exact) mass is 343 g/mol. The lowest BCUT2D eigenvalue weighted by atomic mass is 9.87. The van der Waals surface area contributed by atoms with Gasteiger partial charge in [0.05, 0.1) is 12.1 Å². The van der Waals surface area contributed by atoms with E-state index in [-0.39, 0.29) is 18.5 Å². The molecule has 3 rings (SSSR count). The third kappa shape index (κ3) is 3.49. The topological polar surface area (TPSA) is 75.4 Å². The highest BCUT2D eigenvalue weighted by Gasteiger charge is 2.25. The molecule has 0 saturated carbocycles. The Balaban J connectivity index is 1.67. The van der Waals surface area contributed by atoms with Crippen molar-refractivity contribution in [2.75, 3.05) is 18.9 Å². The minimum Gasteiger partial charge on any atom is -0.366 e. The second-order valence-corrected chi connectivity index (χ2v) is 7.01. The number of rotatable bonds is 5. The van der Waals surface area contributed by atoms with E-state index in [2.05, 4.69) is 34.5 Å². The van der Waals surface area contributed by atoms with Crippen LogP contribution < -0.4 is 11.1 Å². The number of anilines is 1. The van der Waals surface area contributed by atoms with E-state index >= 15 is 0 Å². The van der Waals surface area contributed by atoms with Crippen molar-refractivity contribution in [2.45, 2.75) is 25.3 Å². The van der Waals surface area contributed by atoms with E-state index in [0.29, 0.717) is 10.6 Å².